The Morgan fingerprint density at radius 3 is 2.44 bits per heavy atom. The van der Waals surface area contributed by atoms with Gasteiger partial charge in [0.1, 0.15) is 13.2 Å². The molecule has 0 aliphatic rings. The van der Waals surface area contributed by atoms with Gasteiger partial charge in [-0.15, -0.1) is 6.42 Å². The fourth-order valence-electron chi connectivity index (χ4n) is 2.24. The summed E-state index contributed by atoms with van der Waals surface area (Å²) in [4.78, 5) is 40.3. The van der Waals surface area contributed by atoms with Crippen molar-refractivity contribution in [3.63, 3.8) is 0 Å². The van der Waals surface area contributed by atoms with Gasteiger partial charge < -0.3 is 34.2 Å². The fraction of sp³-hybridized carbons (Fsp3) is 0.765. The van der Waals surface area contributed by atoms with E-state index in [2.05, 4.69) is 21.3 Å². The Morgan fingerprint density at radius 2 is 1.78 bits per heavy atom. The predicted octanol–water partition coefficient (Wildman–Crippen LogP) is 0.717. The molecule has 0 bridgehead atoms. The third-order valence-corrected chi connectivity index (χ3v) is 4.22. The lowest BCUT2D eigenvalue weighted by Crippen LogP contribution is -2.44. The summed E-state index contributed by atoms with van der Waals surface area (Å²) in [7, 11) is 1.76. The molecular formula is C17H33N3O6P+. The average Bonchev–Trinajstić information content (AvgIpc) is 2.59. The summed E-state index contributed by atoms with van der Waals surface area (Å²) in [5.41, 5.74) is 0. The number of ether oxygens (including phenoxy) is 1. The van der Waals surface area contributed by atoms with Gasteiger partial charge in [0.05, 0.1) is 20.6 Å². The highest BCUT2D eigenvalue weighted by atomic mass is 31.2. The van der Waals surface area contributed by atoms with Crippen LogP contribution < -0.4 is 10.6 Å². The molecule has 0 aliphatic heterocycles. The first-order valence-corrected chi connectivity index (χ1v) is 10.2. The molecule has 0 fully saturated rings. The van der Waals surface area contributed by atoms with Crippen molar-refractivity contribution in [1.29, 1.82) is 0 Å². The topological polar surface area (TPSA) is 117 Å². The SMILES string of the molecule is C#CCOC(=O)NCCCCCC(=O)NCCC[N+](C)(C)CCOP(O)O. The van der Waals surface area contributed by atoms with Gasteiger partial charge in [0, 0.05) is 25.9 Å². The highest BCUT2D eigenvalue weighted by Gasteiger charge is 2.15. The third kappa shape index (κ3) is 17.7. The van der Waals surface area contributed by atoms with E-state index in [4.69, 9.17) is 20.7 Å². The van der Waals surface area contributed by atoms with Gasteiger partial charge in [-0.3, -0.25) is 4.79 Å². The van der Waals surface area contributed by atoms with Crippen LogP contribution in [-0.4, -0.2) is 79.8 Å². The van der Waals surface area contributed by atoms with Crippen molar-refractivity contribution in [1.82, 2.24) is 10.6 Å². The van der Waals surface area contributed by atoms with E-state index in [0.717, 1.165) is 32.2 Å². The van der Waals surface area contributed by atoms with Gasteiger partial charge in [-0.1, -0.05) is 12.3 Å². The second-order valence-electron chi connectivity index (χ2n) is 6.69. The molecule has 0 rings (SSSR count). The first-order chi connectivity index (χ1) is 12.8. The number of alkyl carbamates (subject to hydrolysis) is 1. The Morgan fingerprint density at radius 1 is 1.07 bits per heavy atom. The molecule has 9 nitrogen and oxygen atoms in total. The number of carbonyl (C=O) groups excluding carboxylic acids is 2. The van der Waals surface area contributed by atoms with Crippen molar-refractivity contribution < 1.29 is 33.1 Å². The monoisotopic (exact) mass is 406 g/mol. The second kappa shape index (κ2) is 15.6. The standard InChI is InChI=1S/C17H32N3O6P/c1-4-14-25-17(22)19-10-7-5-6-9-16(21)18-11-8-12-20(2,3)13-15-26-27(23)24/h1,23-24H,5-15H2,2-3H3,(H-,18,19,21,22)/p+1. The zero-order valence-corrected chi connectivity index (χ0v) is 17.2. The first kappa shape index (κ1) is 25.6. The van der Waals surface area contributed by atoms with Crippen LogP contribution in [0.2, 0.25) is 0 Å². The summed E-state index contributed by atoms with van der Waals surface area (Å²) in [6, 6.07) is 0. The van der Waals surface area contributed by atoms with E-state index in [1.54, 1.807) is 0 Å². The number of quaternary nitrogens is 1. The fourth-order valence-corrected chi connectivity index (χ4v) is 2.49. The Balaban J connectivity index is 3.56. The van der Waals surface area contributed by atoms with E-state index in [9.17, 15) is 9.59 Å². The summed E-state index contributed by atoms with van der Waals surface area (Å²) in [5.74, 6) is 2.24. The van der Waals surface area contributed by atoms with Crippen LogP contribution in [0.3, 0.4) is 0 Å². The van der Waals surface area contributed by atoms with Gasteiger partial charge in [-0.05, 0) is 12.8 Å². The molecule has 0 heterocycles. The Bertz CT molecular complexity index is 468. The molecule has 0 atom stereocenters. The van der Waals surface area contributed by atoms with E-state index in [1.165, 1.54) is 0 Å². The number of unbranched alkanes of at least 4 members (excludes halogenated alkanes) is 2. The van der Waals surface area contributed by atoms with Crippen molar-refractivity contribution in [3.8, 4) is 12.3 Å². The van der Waals surface area contributed by atoms with E-state index >= 15 is 0 Å². The Kier molecular flexibility index (Phi) is 14.8. The van der Waals surface area contributed by atoms with E-state index < -0.39 is 14.7 Å². The van der Waals surface area contributed by atoms with Gasteiger partial charge >= 0.3 is 14.7 Å². The Hall–Kier alpha value is -1.43. The molecule has 0 unspecified atom stereocenters. The molecule has 0 radical (unpaired) electrons. The maximum absolute atomic E-state index is 11.8. The van der Waals surface area contributed by atoms with Crippen LogP contribution >= 0.6 is 8.60 Å². The minimum absolute atomic E-state index is 0.0243. The Labute approximate surface area is 163 Å². The maximum Gasteiger partial charge on any atom is 0.408 e. The molecular weight excluding hydrogens is 373 g/mol. The van der Waals surface area contributed by atoms with Crippen LogP contribution in [0.15, 0.2) is 0 Å². The average molecular weight is 406 g/mol. The normalized spacial score (nSPS) is 11.1. The van der Waals surface area contributed by atoms with Gasteiger partial charge in [-0.2, -0.15) is 0 Å². The molecule has 0 saturated heterocycles. The van der Waals surface area contributed by atoms with Gasteiger partial charge in [0.15, 0.2) is 6.61 Å². The zero-order chi connectivity index (χ0) is 20.5. The maximum atomic E-state index is 11.8. The lowest BCUT2D eigenvalue weighted by atomic mass is 10.2. The smallest absolute Gasteiger partial charge is 0.408 e. The summed E-state index contributed by atoms with van der Waals surface area (Å²) in [5, 5.41) is 5.48. The minimum atomic E-state index is -2.30. The molecule has 0 aliphatic carbocycles. The minimum Gasteiger partial charge on any atom is -0.436 e. The van der Waals surface area contributed by atoms with Crippen molar-refractivity contribution >= 4 is 20.6 Å². The summed E-state index contributed by atoms with van der Waals surface area (Å²) >= 11 is 0. The second-order valence-corrected chi connectivity index (χ2v) is 7.45. The number of terminal acetylenes is 1. The lowest BCUT2D eigenvalue weighted by molar-refractivity contribution is -0.890. The van der Waals surface area contributed by atoms with Crippen LogP contribution in [0.4, 0.5) is 4.79 Å². The van der Waals surface area contributed by atoms with Crippen molar-refractivity contribution in [3.05, 3.63) is 0 Å². The molecule has 10 heteroatoms. The quantitative estimate of drug-likeness (QED) is 0.138. The molecule has 0 aromatic carbocycles. The third-order valence-electron chi connectivity index (χ3n) is 3.80. The molecule has 4 N–H and O–H groups in total. The van der Waals surface area contributed by atoms with E-state index in [-0.39, 0.29) is 19.1 Å². The zero-order valence-electron chi connectivity index (χ0n) is 16.3. The number of carbonyl (C=O) groups is 2. The van der Waals surface area contributed by atoms with Crippen molar-refractivity contribution in [2.24, 2.45) is 0 Å². The van der Waals surface area contributed by atoms with Crippen LogP contribution in [0, 0.1) is 12.3 Å². The van der Waals surface area contributed by atoms with Crippen LogP contribution in [0.5, 0.6) is 0 Å². The first-order valence-electron chi connectivity index (χ1n) is 9.00. The highest BCUT2D eigenvalue weighted by molar-refractivity contribution is 7.39. The van der Waals surface area contributed by atoms with Gasteiger partial charge in [-0.25, -0.2) is 4.79 Å². The number of likely N-dealkylation sites (N-methyl/N-ethyl adjacent to an activating group) is 1. The number of nitrogens with zero attached hydrogens (tertiary/aromatic N) is 1. The predicted molar refractivity (Wildman–Crippen MR) is 103 cm³/mol. The number of hydrogen-bond donors (Lipinski definition) is 4. The molecule has 2 amide bonds. The largest absolute Gasteiger partial charge is 0.436 e. The lowest BCUT2D eigenvalue weighted by Gasteiger charge is -2.29. The van der Waals surface area contributed by atoms with Crippen molar-refractivity contribution in [2.45, 2.75) is 32.1 Å². The molecule has 0 saturated carbocycles. The van der Waals surface area contributed by atoms with Crippen LogP contribution in [-0.2, 0) is 14.1 Å². The van der Waals surface area contributed by atoms with Gasteiger partial charge in [0.2, 0.25) is 5.91 Å². The van der Waals surface area contributed by atoms with E-state index in [0.29, 0.717) is 30.5 Å². The summed E-state index contributed by atoms with van der Waals surface area (Å²) in [6.07, 6.45) is 8.12. The summed E-state index contributed by atoms with van der Waals surface area (Å²) in [6.45, 7) is 2.86. The van der Waals surface area contributed by atoms with Crippen LogP contribution in [0.1, 0.15) is 32.1 Å². The number of amides is 2. The molecule has 27 heavy (non-hydrogen) atoms. The highest BCUT2D eigenvalue weighted by Crippen LogP contribution is 2.23. The number of nitrogens with one attached hydrogen (secondary N) is 2. The van der Waals surface area contributed by atoms with Crippen LogP contribution in [0.25, 0.3) is 0 Å². The molecule has 0 spiro atoms. The number of hydrogen-bond acceptors (Lipinski definition) is 6. The molecule has 0 aromatic rings. The van der Waals surface area contributed by atoms with E-state index in [1.807, 2.05) is 14.1 Å². The summed E-state index contributed by atoms with van der Waals surface area (Å²) < 4.78 is 10.1. The van der Waals surface area contributed by atoms with Gasteiger partial charge in [0.25, 0.3) is 0 Å². The molecule has 156 valence electrons. The molecule has 0 aromatic heterocycles. The van der Waals surface area contributed by atoms with Crippen molar-refractivity contribution in [2.75, 3.05) is 53.5 Å². The number of rotatable bonds is 15.